The molecule has 0 radical (unpaired) electrons. The summed E-state index contributed by atoms with van der Waals surface area (Å²) < 4.78 is 25.3. The van der Waals surface area contributed by atoms with Crippen molar-refractivity contribution in [2.24, 2.45) is 4.99 Å². The van der Waals surface area contributed by atoms with Crippen LogP contribution < -0.4 is 23.7 Å². The number of aromatic nitrogens is 1. The molecule has 1 aromatic heterocycles. The predicted octanol–water partition coefficient (Wildman–Crippen LogP) is 3.24. The third-order valence-electron chi connectivity index (χ3n) is 4.88. The second-order valence-corrected chi connectivity index (χ2v) is 8.86. The molecule has 0 aliphatic carbocycles. The van der Waals surface area contributed by atoms with E-state index in [-0.39, 0.29) is 19.1 Å². The topological polar surface area (TPSA) is 71.3 Å². The molecule has 2 aromatic carbocycles. The lowest BCUT2D eigenvalue weighted by Crippen LogP contribution is -2.19. The first kappa shape index (κ1) is 19.3. The van der Waals surface area contributed by atoms with Crippen LogP contribution in [-0.2, 0) is 17.8 Å². The van der Waals surface area contributed by atoms with E-state index in [0.29, 0.717) is 29.5 Å². The number of amides is 1. The number of hydrogen-bond donors (Lipinski definition) is 0. The van der Waals surface area contributed by atoms with Gasteiger partial charge in [-0.1, -0.05) is 17.4 Å². The molecule has 30 heavy (non-hydrogen) atoms. The Morgan fingerprint density at radius 3 is 2.67 bits per heavy atom. The molecule has 0 atom stereocenters. The van der Waals surface area contributed by atoms with Crippen LogP contribution in [0.5, 0.6) is 23.0 Å². The van der Waals surface area contributed by atoms with Gasteiger partial charge in [0.2, 0.25) is 6.79 Å². The van der Waals surface area contributed by atoms with Crippen molar-refractivity contribution in [2.75, 3.05) is 32.0 Å². The van der Waals surface area contributed by atoms with E-state index in [1.54, 1.807) is 11.8 Å². The number of thiazole rings is 1. The van der Waals surface area contributed by atoms with E-state index in [1.165, 1.54) is 11.3 Å². The zero-order valence-electron chi connectivity index (χ0n) is 16.4. The second-order valence-electron chi connectivity index (χ2n) is 6.86. The highest BCUT2D eigenvalue weighted by atomic mass is 32.2. The summed E-state index contributed by atoms with van der Waals surface area (Å²) in [5.74, 6) is 3.58. The molecule has 0 N–H and O–H groups in total. The van der Waals surface area contributed by atoms with Gasteiger partial charge in [0.15, 0.2) is 27.8 Å². The molecule has 9 heteroatoms. The van der Waals surface area contributed by atoms with Crippen LogP contribution in [0.2, 0.25) is 0 Å². The van der Waals surface area contributed by atoms with Crippen LogP contribution in [0, 0.1) is 0 Å². The van der Waals surface area contributed by atoms with Gasteiger partial charge in [0.25, 0.3) is 5.91 Å². The lowest BCUT2D eigenvalue weighted by atomic mass is 10.1. The molecule has 1 amide bonds. The fraction of sp³-hybridized carbons (Fsp3) is 0.333. The Balaban J connectivity index is 1.49. The van der Waals surface area contributed by atoms with E-state index in [4.69, 9.17) is 18.9 Å². The number of nitrogens with zero attached hydrogens (tertiary/aromatic N) is 2. The highest BCUT2D eigenvalue weighted by Crippen LogP contribution is 2.36. The molecule has 0 unspecified atom stereocenters. The quantitative estimate of drug-likeness (QED) is 0.602. The van der Waals surface area contributed by atoms with E-state index in [9.17, 15) is 4.79 Å². The van der Waals surface area contributed by atoms with E-state index in [2.05, 4.69) is 15.8 Å². The van der Waals surface area contributed by atoms with Gasteiger partial charge in [0.05, 0.1) is 16.6 Å². The number of ether oxygens (including phenoxy) is 4. The molecule has 0 saturated heterocycles. The number of fused-ring (bicyclic) bond motifs is 3. The zero-order chi connectivity index (χ0) is 20.5. The minimum Gasteiger partial charge on any atom is -0.486 e. The van der Waals surface area contributed by atoms with Crippen LogP contribution in [0.15, 0.2) is 35.3 Å². The number of hydrogen-bond acceptors (Lipinski definition) is 7. The van der Waals surface area contributed by atoms with Crippen molar-refractivity contribution in [3.05, 3.63) is 40.7 Å². The first-order valence-electron chi connectivity index (χ1n) is 9.59. The zero-order valence-corrected chi connectivity index (χ0v) is 18.0. The summed E-state index contributed by atoms with van der Waals surface area (Å²) >= 11 is 3.25. The Morgan fingerprint density at radius 1 is 1.07 bits per heavy atom. The number of rotatable bonds is 5. The molecule has 3 aromatic rings. The molecule has 0 bridgehead atoms. The summed E-state index contributed by atoms with van der Waals surface area (Å²) in [6, 6.07) is 9.50. The maximum Gasteiger partial charge on any atom is 0.252 e. The minimum atomic E-state index is -0.199. The number of aryl methyl sites for hydroxylation is 1. The maximum atomic E-state index is 12.7. The van der Waals surface area contributed by atoms with Crippen molar-refractivity contribution in [1.29, 1.82) is 0 Å². The largest absolute Gasteiger partial charge is 0.486 e. The Morgan fingerprint density at radius 2 is 1.83 bits per heavy atom. The van der Waals surface area contributed by atoms with E-state index < -0.39 is 0 Å². The van der Waals surface area contributed by atoms with Crippen LogP contribution in [-0.4, -0.2) is 42.5 Å². The fourth-order valence-corrected chi connectivity index (χ4v) is 4.91. The standard InChI is InChI=1S/C21H20N2O5S2/c1-29-7-4-23-14-10-17-18(26-6-5-25-17)11-19(14)30-21(23)22-20(24)9-13-2-3-15-16(8-13)28-12-27-15/h2-3,8,10-11H,4-7,9,12H2,1H3. The molecule has 2 aliphatic rings. The smallest absolute Gasteiger partial charge is 0.252 e. The molecule has 3 heterocycles. The van der Waals surface area contributed by atoms with Crippen LogP contribution >= 0.6 is 23.1 Å². The highest BCUT2D eigenvalue weighted by Gasteiger charge is 2.18. The summed E-state index contributed by atoms with van der Waals surface area (Å²) in [5.41, 5.74) is 1.86. The summed E-state index contributed by atoms with van der Waals surface area (Å²) in [6.07, 6.45) is 2.27. The van der Waals surface area contributed by atoms with Gasteiger partial charge in [-0.3, -0.25) is 4.79 Å². The molecule has 2 aliphatic heterocycles. The van der Waals surface area contributed by atoms with Gasteiger partial charge in [-0.05, 0) is 24.0 Å². The average Bonchev–Trinajstić information content (AvgIpc) is 3.34. The summed E-state index contributed by atoms with van der Waals surface area (Å²) in [6.45, 7) is 2.06. The molecule has 0 spiro atoms. The second kappa shape index (κ2) is 8.23. The van der Waals surface area contributed by atoms with Crippen LogP contribution in [0.4, 0.5) is 0 Å². The Hall–Kier alpha value is -2.65. The van der Waals surface area contributed by atoms with Gasteiger partial charge >= 0.3 is 0 Å². The Bertz CT molecular complexity index is 1180. The van der Waals surface area contributed by atoms with Crippen molar-refractivity contribution in [2.45, 2.75) is 13.0 Å². The predicted molar refractivity (Wildman–Crippen MR) is 116 cm³/mol. The highest BCUT2D eigenvalue weighted by molar-refractivity contribution is 7.98. The number of benzene rings is 2. The first-order valence-corrected chi connectivity index (χ1v) is 11.8. The third-order valence-corrected chi connectivity index (χ3v) is 6.51. The summed E-state index contributed by atoms with van der Waals surface area (Å²) in [7, 11) is 0. The SMILES string of the molecule is CSCCn1c(=NC(=O)Cc2ccc3c(c2)OCO3)sc2cc3c(cc21)OCCO3. The number of thioether (sulfide) groups is 1. The molecular weight excluding hydrogens is 424 g/mol. The first-order chi connectivity index (χ1) is 14.7. The van der Waals surface area contributed by atoms with Gasteiger partial charge in [-0.2, -0.15) is 16.8 Å². The number of carbonyl (C=O) groups is 1. The third kappa shape index (κ3) is 3.75. The lowest BCUT2D eigenvalue weighted by Gasteiger charge is -2.18. The summed E-state index contributed by atoms with van der Waals surface area (Å²) in [5, 5.41) is 0. The molecule has 7 nitrogen and oxygen atoms in total. The van der Waals surface area contributed by atoms with Crippen LogP contribution in [0.25, 0.3) is 10.2 Å². The van der Waals surface area contributed by atoms with Gasteiger partial charge in [-0.25, -0.2) is 0 Å². The molecule has 5 rings (SSSR count). The van der Waals surface area contributed by atoms with Gasteiger partial charge < -0.3 is 23.5 Å². The molecule has 0 fully saturated rings. The molecular formula is C21H20N2O5S2. The Labute approximate surface area is 181 Å². The van der Waals surface area contributed by atoms with Crippen molar-refractivity contribution < 1.29 is 23.7 Å². The normalized spacial score (nSPS) is 15.0. The average molecular weight is 445 g/mol. The van der Waals surface area contributed by atoms with Gasteiger partial charge in [0.1, 0.15) is 13.2 Å². The van der Waals surface area contributed by atoms with E-state index in [0.717, 1.165) is 39.6 Å². The Kier molecular flexibility index (Phi) is 5.30. The van der Waals surface area contributed by atoms with Crippen molar-refractivity contribution in [3.8, 4) is 23.0 Å². The van der Waals surface area contributed by atoms with Crippen LogP contribution in [0.1, 0.15) is 5.56 Å². The van der Waals surface area contributed by atoms with Crippen molar-refractivity contribution in [3.63, 3.8) is 0 Å². The minimum absolute atomic E-state index is 0.199. The van der Waals surface area contributed by atoms with Crippen molar-refractivity contribution >= 4 is 39.2 Å². The van der Waals surface area contributed by atoms with Crippen LogP contribution in [0.3, 0.4) is 0 Å². The number of carbonyl (C=O) groups excluding carboxylic acids is 1. The van der Waals surface area contributed by atoms with Gasteiger partial charge in [0, 0.05) is 24.4 Å². The monoisotopic (exact) mass is 444 g/mol. The van der Waals surface area contributed by atoms with E-state index >= 15 is 0 Å². The summed E-state index contributed by atoms with van der Waals surface area (Å²) in [4.78, 5) is 17.9. The van der Waals surface area contributed by atoms with Crippen molar-refractivity contribution in [1.82, 2.24) is 4.57 Å². The van der Waals surface area contributed by atoms with E-state index in [1.807, 2.05) is 30.3 Å². The lowest BCUT2D eigenvalue weighted by molar-refractivity contribution is -0.117. The fourth-order valence-electron chi connectivity index (χ4n) is 3.46. The molecule has 0 saturated carbocycles. The molecule has 156 valence electrons. The van der Waals surface area contributed by atoms with Gasteiger partial charge in [-0.15, -0.1) is 0 Å². The maximum absolute atomic E-state index is 12.7.